The summed E-state index contributed by atoms with van der Waals surface area (Å²) in [5, 5.41) is 3.29. The molecule has 1 aliphatic heterocycles. The van der Waals surface area contributed by atoms with Crippen molar-refractivity contribution in [3.05, 3.63) is 30.3 Å². The zero-order chi connectivity index (χ0) is 15.5. The van der Waals surface area contributed by atoms with Crippen molar-refractivity contribution in [1.29, 1.82) is 0 Å². The second-order valence-electron chi connectivity index (χ2n) is 6.73. The number of hydrogen-bond donors (Lipinski definition) is 1. The van der Waals surface area contributed by atoms with Crippen molar-refractivity contribution in [2.75, 3.05) is 18.0 Å². The molecule has 116 valence electrons. The summed E-state index contributed by atoms with van der Waals surface area (Å²) >= 11 is 0. The predicted octanol–water partition coefficient (Wildman–Crippen LogP) is 3.43. The third-order valence-electron chi connectivity index (χ3n) is 3.88. The molecule has 2 unspecified atom stereocenters. The average molecular weight is 290 g/mol. The smallest absolute Gasteiger partial charge is 0.415 e. The van der Waals surface area contributed by atoms with E-state index in [1.54, 1.807) is 4.90 Å². The lowest BCUT2D eigenvalue weighted by molar-refractivity contribution is 0.0540. The molecular formula is C17H26N2O2. The fourth-order valence-electron chi connectivity index (χ4n) is 2.64. The minimum Gasteiger partial charge on any atom is -0.444 e. The number of piperidine rings is 1. The Morgan fingerprint density at radius 3 is 2.52 bits per heavy atom. The van der Waals surface area contributed by atoms with Crippen LogP contribution in [0.3, 0.4) is 0 Å². The number of amides is 1. The summed E-state index contributed by atoms with van der Waals surface area (Å²) in [6.07, 6.45) is 0.716. The SMILES string of the molecule is CC1CCNCC1OC(=O)N(c1ccccc1)C(C)(C)C. The quantitative estimate of drug-likeness (QED) is 0.907. The monoisotopic (exact) mass is 290 g/mol. The highest BCUT2D eigenvalue weighted by Crippen LogP contribution is 2.26. The molecule has 1 N–H and O–H groups in total. The van der Waals surface area contributed by atoms with E-state index in [1.165, 1.54) is 0 Å². The first-order valence-electron chi connectivity index (χ1n) is 7.66. The maximum Gasteiger partial charge on any atom is 0.415 e. The van der Waals surface area contributed by atoms with Crippen molar-refractivity contribution in [1.82, 2.24) is 5.32 Å². The lowest BCUT2D eigenvalue weighted by Gasteiger charge is -2.37. The highest BCUT2D eigenvalue weighted by atomic mass is 16.6. The van der Waals surface area contributed by atoms with E-state index in [1.807, 2.05) is 51.1 Å². The number of ether oxygens (including phenoxy) is 1. The van der Waals surface area contributed by atoms with E-state index in [-0.39, 0.29) is 17.7 Å². The molecular weight excluding hydrogens is 264 g/mol. The van der Waals surface area contributed by atoms with Crippen molar-refractivity contribution in [3.8, 4) is 0 Å². The Morgan fingerprint density at radius 2 is 1.95 bits per heavy atom. The molecule has 0 aliphatic carbocycles. The van der Waals surface area contributed by atoms with Crippen molar-refractivity contribution in [2.45, 2.75) is 45.8 Å². The van der Waals surface area contributed by atoms with Crippen LogP contribution < -0.4 is 10.2 Å². The molecule has 4 nitrogen and oxygen atoms in total. The third kappa shape index (κ3) is 3.97. The highest BCUT2D eigenvalue weighted by molar-refractivity contribution is 5.89. The molecule has 0 saturated carbocycles. The molecule has 0 bridgehead atoms. The van der Waals surface area contributed by atoms with Gasteiger partial charge in [-0.15, -0.1) is 0 Å². The van der Waals surface area contributed by atoms with Crippen LogP contribution in [0.25, 0.3) is 0 Å². The van der Waals surface area contributed by atoms with E-state index >= 15 is 0 Å². The lowest BCUT2D eigenvalue weighted by Crippen LogP contribution is -2.50. The standard InChI is InChI=1S/C17H26N2O2/c1-13-10-11-18-12-15(13)21-16(20)19(17(2,3)4)14-8-6-5-7-9-14/h5-9,13,15,18H,10-12H2,1-4H3. The van der Waals surface area contributed by atoms with Gasteiger partial charge in [0.05, 0.1) is 0 Å². The number of para-hydroxylation sites is 1. The molecule has 2 rings (SSSR count). The zero-order valence-corrected chi connectivity index (χ0v) is 13.4. The Balaban J connectivity index is 2.16. The van der Waals surface area contributed by atoms with Gasteiger partial charge in [-0.1, -0.05) is 25.1 Å². The summed E-state index contributed by atoms with van der Waals surface area (Å²) in [5.41, 5.74) is 0.537. The molecule has 1 aliphatic rings. The maximum atomic E-state index is 12.7. The molecule has 1 heterocycles. The Bertz CT molecular complexity index is 467. The van der Waals surface area contributed by atoms with Crippen LogP contribution in [0.4, 0.5) is 10.5 Å². The van der Waals surface area contributed by atoms with E-state index in [4.69, 9.17) is 4.74 Å². The van der Waals surface area contributed by atoms with Crippen LogP contribution in [-0.4, -0.2) is 30.8 Å². The second kappa shape index (κ2) is 6.48. The maximum absolute atomic E-state index is 12.7. The number of carbonyl (C=O) groups excluding carboxylic acids is 1. The van der Waals surface area contributed by atoms with E-state index in [0.29, 0.717) is 5.92 Å². The second-order valence-corrected chi connectivity index (χ2v) is 6.73. The number of carbonyl (C=O) groups is 1. The van der Waals surface area contributed by atoms with Crippen LogP contribution in [0.15, 0.2) is 30.3 Å². The van der Waals surface area contributed by atoms with Gasteiger partial charge >= 0.3 is 6.09 Å². The summed E-state index contributed by atoms with van der Waals surface area (Å²) in [7, 11) is 0. The van der Waals surface area contributed by atoms with Crippen LogP contribution in [-0.2, 0) is 4.74 Å². The van der Waals surface area contributed by atoms with Gasteiger partial charge in [0.15, 0.2) is 0 Å². The van der Waals surface area contributed by atoms with Crippen molar-refractivity contribution in [2.24, 2.45) is 5.92 Å². The molecule has 21 heavy (non-hydrogen) atoms. The molecule has 1 fully saturated rings. The Morgan fingerprint density at radius 1 is 1.29 bits per heavy atom. The summed E-state index contributed by atoms with van der Waals surface area (Å²) < 4.78 is 5.77. The molecule has 4 heteroatoms. The van der Waals surface area contributed by atoms with Crippen LogP contribution >= 0.6 is 0 Å². The number of benzene rings is 1. The molecule has 0 aromatic heterocycles. The Hall–Kier alpha value is -1.55. The Labute approximate surface area is 127 Å². The summed E-state index contributed by atoms with van der Waals surface area (Å²) in [4.78, 5) is 14.4. The first kappa shape index (κ1) is 15.8. The lowest BCUT2D eigenvalue weighted by atomic mass is 9.97. The number of anilines is 1. The topological polar surface area (TPSA) is 41.6 Å². The van der Waals surface area contributed by atoms with E-state index in [9.17, 15) is 4.79 Å². The molecule has 1 amide bonds. The minimum absolute atomic E-state index is 0.0557. The van der Waals surface area contributed by atoms with Gasteiger partial charge in [0.25, 0.3) is 0 Å². The number of nitrogens with one attached hydrogen (secondary N) is 1. The van der Waals surface area contributed by atoms with Crippen molar-refractivity contribution < 1.29 is 9.53 Å². The fraction of sp³-hybridized carbons (Fsp3) is 0.588. The van der Waals surface area contributed by atoms with Gasteiger partial charge in [0.2, 0.25) is 0 Å². The first-order valence-corrected chi connectivity index (χ1v) is 7.66. The molecule has 1 aromatic carbocycles. The first-order chi connectivity index (χ1) is 9.89. The summed E-state index contributed by atoms with van der Waals surface area (Å²) in [6, 6.07) is 9.70. The van der Waals surface area contributed by atoms with Crippen molar-refractivity contribution >= 4 is 11.8 Å². The molecule has 1 saturated heterocycles. The van der Waals surface area contributed by atoms with Crippen LogP contribution in [0.5, 0.6) is 0 Å². The summed E-state index contributed by atoms with van der Waals surface area (Å²) in [5.74, 6) is 0.396. The normalized spacial score (nSPS) is 22.7. The third-order valence-corrected chi connectivity index (χ3v) is 3.88. The minimum atomic E-state index is -0.330. The van der Waals surface area contributed by atoms with Gasteiger partial charge in [-0.2, -0.15) is 0 Å². The van der Waals surface area contributed by atoms with E-state index in [0.717, 1.165) is 25.2 Å². The number of nitrogens with zero attached hydrogens (tertiary/aromatic N) is 1. The van der Waals surface area contributed by atoms with Gasteiger partial charge in [-0.05, 0) is 51.8 Å². The van der Waals surface area contributed by atoms with E-state index in [2.05, 4.69) is 12.2 Å². The van der Waals surface area contributed by atoms with Crippen LogP contribution in [0.2, 0.25) is 0 Å². The average Bonchev–Trinajstić information content (AvgIpc) is 2.41. The van der Waals surface area contributed by atoms with Gasteiger partial charge in [0, 0.05) is 17.8 Å². The molecule has 1 aromatic rings. The number of rotatable bonds is 2. The van der Waals surface area contributed by atoms with Gasteiger partial charge in [-0.3, -0.25) is 4.90 Å². The fourth-order valence-corrected chi connectivity index (χ4v) is 2.64. The predicted molar refractivity (Wildman–Crippen MR) is 85.6 cm³/mol. The van der Waals surface area contributed by atoms with Gasteiger partial charge < -0.3 is 10.1 Å². The van der Waals surface area contributed by atoms with Crippen LogP contribution in [0, 0.1) is 5.92 Å². The Kier molecular flexibility index (Phi) is 4.88. The molecule has 0 radical (unpaired) electrons. The van der Waals surface area contributed by atoms with E-state index < -0.39 is 0 Å². The number of hydrogen-bond acceptors (Lipinski definition) is 3. The molecule has 0 spiro atoms. The molecule has 2 atom stereocenters. The van der Waals surface area contributed by atoms with Crippen molar-refractivity contribution in [3.63, 3.8) is 0 Å². The van der Waals surface area contributed by atoms with Crippen LogP contribution in [0.1, 0.15) is 34.1 Å². The summed E-state index contributed by atoms with van der Waals surface area (Å²) in [6.45, 7) is 9.93. The van der Waals surface area contributed by atoms with Gasteiger partial charge in [-0.25, -0.2) is 4.79 Å². The highest BCUT2D eigenvalue weighted by Gasteiger charge is 2.33. The zero-order valence-electron chi connectivity index (χ0n) is 13.4. The van der Waals surface area contributed by atoms with Gasteiger partial charge in [0.1, 0.15) is 6.10 Å². The largest absolute Gasteiger partial charge is 0.444 e.